The van der Waals surface area contributed by atoms with Crippen LogP contribution >= 0.6 is 0 Å². The molecule has 1 fully saturated rings. The van der Waals surface area contributed by atoms with Crippen LogP contribution in [0.5, 0.6) is 5.75 Å². The number of carbonyl (C=O) groups excluding carboxylic acids is 3. The van der Waals surface area contributed by atoms with Gasteiger partial charge in [-0.25, -0.2) is 0 Å². The van der Waals surface area contributed by atoms with Crippen molar-refractivity contribution in [2.75, 3.05) is 20.8 Å². The first kappa shape index (κ1) is 26.8. The molecule has 5 rings (SSSR count). The molecule has 1 amide bonds. The Kier molecular flexibility index (Phi) is 6.51. The average molecular weight is 539 g/mol. The molecule has 0 bridgehead atoms. The maximum atomic E-state index is 13.9. The summed E-state index contributed by atoms with van der Waals surface area (Å²) in [6.07, 6.45) is 1.94. The van der Waals surface area contributed by atoms with Crippen LogP contribution in [0.4, 0.5) is 4.39 Å². The molecular weight excluding hydrogens is 507 g/mol. The molecule has 0 heterocycles. The number of aryl methyl sites for hydroxylation is 1. The lowest BCUT2D eigenvalue weighted by Gasteiger charge is -2.50. The van der Waals surface area contributed by atoms with Crippen LogP contribution in [0.1, 0.15) is 36.0 Å². The molecular formula is C29H31FN2O7. The number of phenolic OH excluding ortho intramolecular Hbond substituents is 1. The summed E-state index contributed by atoms with van der Waals surface area (Å²) in [4.78, 5) is 40.6. The number of hydrogen-bond acceptors (Lipinski definition) is 8. The number of aliphatic hydroxyl groups excluding tert-OH is 2. The SMILES string of the molecule is CN(C)[C@@H]1C(=O)C(C(N)=O)=C(O)[C@@]2(O)C(=O)C3=C(O)c4c(cc5ccc(CCCCF)cc5c4O)C[C@H]3C[C@@H]12. The number of ketones is 2. The van der Waals surface area contributed by atoms with Crippen molar-refractivity contribution in [3.63, 3.8) is 0 Å². The second kappa shape index (κ2) is 9.46. The topological polar surface area (TPSA) is 161 Å². The summed E-state index contributed by atoms with van der Waals surface area (Å²) in [7, 11) is 3.12. The fourth-order valence-electron chi connectivity index (χ4n) is 6.64. The Bertz CT molecular complexity index is 1490. The number of nitrogens with two attached hydrogens (primary N) is 1. The number of fused-ring (bicyclic) bond motifs is 4. The molecule has 3 aliphatic rings. The Morgan fingerprint density at radius 1 is 1.15 bits per heavy atom. The van der Waals surface area contributed by atoms with E-state index >= 15 is 0 Å². The lowest BCUT2D eigenvalue weighted by Crippen LogP contribution is -2.65. The molecule has 2 aromatic carbocycles. The summed E-state index contributed by atoms with van der Waals surface area (Å²) in [6.45, 7) is -0.411. The molecule has 2 aromatic rings. The lowest BCUT2D eigenvalue weighted by atomic mass is 9.57. The van der Waals surface area contributed by atoms with E-state index in [0.29, 0.717) is 30.2 Å². The lowest BCUT2D eigenvalue weighted by molar-refractivity contribution is -0.153. The zero-order valence-electron chi connectivity index (χ0n) is 21.7. The van der Waals surface area contributed by atoms with Crippen molar-refractivity contribution in [2.24, 2.45) is 17.6 Å². The molecule has 10 heteroatoms. The third-order valence-corrected chi connectivity index (χ3v) is 8.44. The number of carbonyl (C=O) groups is 3. The van der Waals surface area contributed by atoms with Crippen LogP contribution in [0.2, 0.25) is 0 Å². The Morgan fingerprint density at radius 2 is 1.87 bits per heavy atom. The quantitative estimate of drug-likeness (QED) is 0.277. The van der Waals surface area contributed by atoms with Gasteiger partial charge in [0.2, 0.25) is 5.78 Å². The standard InChI is InChI=1S/C29H31FN2O7/c1-32(2)22-18-12-16-11-15-10-14-7-6-13(5-3-4-8-30)9-17(14)23(33)19(15)24(34)20(16)26(36)29(18,39)27(37)21(25(22)35)28(31)38/h6-7,9-10,16,18,22,33-34,37,39H,3-5,8,11-12H2,1-2H3,(H2,31,38)/t16-,18-,22-,29-/m0/s1. The van der Waals surface area contributed by atoms with Gasteiger partial charge >= 0.3 is 0 Å². The molecule has 0 radical (unpaired) electrons. The summed E-state index contributed by atoms with van der Waals surface area (Å²) >= 11 is 0. The van der Waals surface area contributed by atoms with Gasteiger partial charge in [0, 0.05) is 16.9 Å². The molecule has 0 saturated heterocycles. The molecule has 0 aliphatic heterocycles. The summed E-state index contributed by atoms with van der Waals surface area (Å²) in [6, 6.07) is 6.22. The minimum absolute atomic E-state index is 0.0398. The number of primary amides is 1. The first-order chi connectivity index (χ1) is 18.4. The van der Waals surface area contributed by atoms with Crippen molar-refractivity contribution < 1.29 is 39.2 Å². The van der Waals surface area contributed by atoms with Crippen molar-refractivity contribution in [2.45, 2.75) is 43.7 Å². The van der Waals surface area contributed by atoms with Gasteiger partial charge in [0.15, 0.2) is 11.4 Å². The number of hydrogen-bond donors (Lipinski definition) is 5. The number of nitrogens with zero attached hydrogens (tertiary/aromatic N) is 1. The molecule has 4 atom stereocenters. The number of halogens is 1. The Hall–Kier alpha value is -3.76. The number of aliphatic hydroxyl groups is 3. The zero-order chi connectivity index (χ0) is 28.4. The minimum atomic E-state index is -2.67. The van der Waals surface area contributed by atoms with Gasteiger partial charge in [-0.1, -0.05) is 18.2 Å². The molecule has 0 spiro atoms. The number of amides is 1. The highest BCUT2D eigenvalue weighted by atomic mass is 19.1. The first-order valence-corrected chi connectivity index (χ1v) is 12.9. The van der Waals surface area contributed by atoms with Crippen molar-refractivity contribution in [3.8, 4) is 5.75 Å². The summed E-state index contributed by atoms with van der Waals surface area (Å²) in [5, 5.41) is 46.4. The van der Waals surface area contributed by atoms with E-state index in [1.165, 1.54) is 4.90 Å². The minimum Gasteiger partial charge on any atom is -0.508 e. The van der Waals surface area contributed by atoms with Crippen molar-refractivity contribution in [1.82, 2.24) is 4.90 Å². The van der Waals surface area contributed by atoms with E-state index in [4.69, 9.17) is 5.73 Å². The van der Waals surface area contributed by atoms with Gasteiger partial charge in [0.05, 0.1) is 18.3 Å². The van der Waals surface area contributed by atoms with Crippen LogP contribution < -0.4 is 5.73 Å². The number of Topliss-reactive ketones (excluding diaryl/α,β-unsaturated/α-hetero) is 2. The predicted molar refractivity (Wildman–Crippen MR) is 141 cm³/mol. The Balaban J connectivity index is 1.67. The van der Waals surface area contributed by atoms with E-state index in [0.717, 1.165) is 10.9 Å². The van der Waals surface area contributed by atoms with Gasteiger partial charge in [-0.05, 0) is 74.7 Å². The normalized spacial score (nSPS) is 26.6. The highest BCUT2D eigenvalue weighted by Crippen LogP contribution is 2.53. The van der Waals surface area contributed by atoms with E-state index in [1.54, 1.807) is 20.2 Å². The molecule has 0 aromatic heterocycles. The van der Waals surface area contributed by atoms with Crippen LogP contribution in [0.3, 0.4) is 0 Å². The Morgan fingerprint density at radius 3 is 2.51 bits per heavy atom. The van der Waals surface area contributed by atoms with Crippen LogP contribution in [0.15, 0.2) is 41.2 Å². The van der Waals surface area contributed by atoms with Gasteiger partial charge in [0.25, 0.3) is 5.91 Å². The van der Waals surface area contributed by atoms with E-state index in [-0.39, 0.29) is 29.7 Å². The molecule has 6 N–H and O–H groups in total. The van der Waals surface area contributed by atoms with Crippen LogP contribution in [-0.4, -0.2) is 75.2 Å². The maximum absolute atomic E-state index is 13.9. The number of likely N-dealkylation sites (N-methyl/N-ethyl adjacent to an activating group) is 1. The molecule has 9 nitrogen and oxygen atoms in total. The molecule has 3 aliphatic carbocycles. The summed E-state index contributed by atoms with van der Waals surface area (Å²) < 4.78 is 12.5. The molecule has 0 unspecified atom stereocenters. The summed E-state index contributed by atoms with van der Waals surface area (Å²) in [5.41, 5.74) is 3.19. The molecule has 39 heavy (non-hydrogen) atoms. The molecule has 206 valence electrons. The third-order valence-electron chi connectivity index (χ3n) is 8.44. The average Bonchev–Trinajstić information content (AvgIpc) is 2.86. The van der Waals surface area contributed by atoms with E-state index < -0.39 is 64.7 Å². The monoisotopic (exact) mass is 538 g/mol. The maximum Gasteiger partial charge on any atom is 0.255 e. The van der Waals surface area contributed by atoms with Gasteiger partial charge in [0.1, 0.15) is 22.8 Å². The van der Waals surface area contributed by atoms with Crippen molar-refractivity contribution in [1.29, 1.82) is 0 Å². The van der Waals surface area contributed by atoms with Crippen molar-refractivity contribution >= 4 is 34.0 Å². The van der Waals surface area contributed by atoms with Gasteiger partial charge in [-0.3, -0.25) is 23.7 Å². The molecule has 1 saturated carbocycles. The fourth-order valence-corrected chi connectivity index (χ4v) is 6.64. The van der Waals surface area contributed by atoms with Crippen molar-refractivity contribution in [3.05, 3.63) is 57.9 Å². The second-order valence-corrected chi connectivity index (χ2v) is 10.9. The smallest absolute Gasteiger partial charge is 0.255 e. The second-order valence-electron chi connectivity index (χ2n) is 10.9. The number of aromatic hydroxyl groups is 1. The van der Waals surface area contributed by atoms with E-state index in [9.17, 15) is 39.2 Å². The van der Waals surface area contributed by atoms with Gasteiger partial charge in [-0.2, -0.15) is 0 Å². The van der Waals surface area contributed by atoms with E-state index in [2.05, 4.69) is 0 Å². The summed E-state index contributed by atoms with van der Waals surface area (Å²) in [5.74, 6) is -6.70. The number of phenols is 1. The van der Waals surface area contributed by atoms with Crippen LogP contribution in [0, 0.1) is 11.8 Å². The number of unbranched alkanes of at least 4 members (excludes halogenated alkanes) is 1. The Labute approximate surface area is 224 Å². The highest BCUT2D eigenvalue weighted by Gasteiger charge is 2.64. The highest BCUT2D eigenvalue weighted by molar-refractivity contribution is 6.24. The predicted octanol–water partition coefficient (Wildman–Crippen LogP) is 2.41. The van der Waals surface area contributed by atoms with Gasteiger partial charge in [-0.15, -0.1) is 0 Å². The zero-order valence-corrected chi connectivity index (χ0v) is 21.7. The largest absolute Gasteiger partial charge is 0.508 e. The fraction of sp³-hybridized carbons (Fsp3) is 0.414. The van der Waals surface area contributed by atoms with Crippen LogP contribution in [-0.2, 0) is 27.2 Å². The van der Waals surface area contributed by atoms with E-state index in [1.807, 2.05) is 18.2 Å². The van der Waals surface area contributed by atoms with Gasteiger partial charge < -0.3 is 26.2 Å². The number of benzene rings is 2. The first-order valence-electron chi connectivity index (χ1n) is 12.9. The number of alkyl halides is 1. The third kappa shape index (κ3) is 3.84. The van der Waals surface area contributed by atoms with Crippen LogP contribution in [0.25, 0.3) is 16.5 Å². The number of rotatable bonds is 6.